The summed E-state index contributed by atoms with van der Waals surface area (Å²) in [4.78, 5) is 10.8. The topological polar surface area (TPSA) is 42.2 Å². The van der Waals surface area contributed by atoms with Crippen LogP contribution in [0.4, 0.5) is 0 Å². The maximum Gasteiger partial charge on any atom is 0.335 e. The van der Waals surface area contributed by atoms with E-state index in [1.165, 1.54) is 17.0 Å². The van der Waals surface area contributed by atoms with Gasteiger partial charge in [-0.1, -0.05) is 6.92 Å². The Morgan fingerprint density at radius 1 is 1.22 bits per heavy atom. The number of hydrogen-bond acceptors (Lipinski definition) is 1. The molecule has 0 aliphatic carbocycles. The van der Waals surface area contributed by atoms with E-state index < -0.39 is 5.97 Å². The lowest BCUT2D eigenvalue weighted by Gasteiger charge is -2.10. The zero-order valence-corrected chi connectivity index (χ0v) is 10.9. The van der Waals surface area contributed by atoms with E-state index in [1.54, 1.807) is 12.1 Å². The standard InChI is InChI=1S/C15H17NO2/c1-4-12-9-10(2)16(11(12)3)14-7-5-13(6-8-14)15(17)18/h5-9H,4H2,1-3H3,(H,17,18). The Labute approximate surface area is 107 Å². The number of nitrogens with zero attached hydrogens (tertiary/aromatic N) is 1. The smallest absolute Gasteiger partial charge is 0.335 e. The normalized spacial score (nSPS) is 10.6. The van der Waals surface area contributed by atoms with Crippen molar-refractivity contribution in [3.63, 3.8) is 0 Å². The largest absolute Gasteiger partial charge is 0.478 e. The first kappa shape index (κ1) is 12.4. The first-order valence-corrected chi connectivity index (χ1v) is 6.06. The van der Waals surface area contributed by atoms with E-state index in [0.717, 1.165) is 12.1 Å². The van der Waals surface area contributed by atoms with Gasteiger partial charge < -0.3 is 9.67 Å². The molecule has 0 unspecified atom stereocenters. The zero-order valence-electron chi connectivity index (χ0n) is 10.9. The second-order valence-corrected chi connectivity index (χ2v) is 4.44. The fraction of sp³-hybridized carbons (Fsp3) is 0.267. The molecule has 1 aromatic carbocycles. The molecule has 3 heteroatoms. The summed E-state index contributed by atoms with van der Waals surface area (Å²) in [5.41, 5.74) is 5.05. The van der Waals surface area contributed by atoms with Gasteiger partial charge in [0.15, 0.2) is 0 Å². The zero-order chi connectivity index (χ0) is 13.3. The maximum absolute atomic E-state index is 10.8. The Hall–Kier alpha value is -2.03. The average Bonchev–Trinajstić information content (AvgIpc) is 2.64. The highest BCUT2D eigenvalue weighted by Gasteiger charge is 2.10. The van der Waals surface area contributed by atoms with Gasteiger partial charge >= 0.3 is 5.97 Å². The van der Waals surface area contributed by atoms with Crippen LogP contribution in [0.5, 0.6) is 0 Å². The summed E-state index contributed by atoms with van der Waals surface area (Å²) in [6.45, 7) is 6.30. The van der Waals surface area contributed by atoms with Gasteiger partial charge in [-0.2, -0.15) is 0 Å². The second kappa shape index (κ2) is 4.69. The summed E-state index contributed by atoms with van der Waals surface area (Å²) in [6.07, 6.45) is 1.01. The van der Waals surface area contributed by atoms with Crippen LogP contribution in [0, 0.1) is 13.8 Å². The molecule has 2 aromatic rings. The van der Waals surface area contributed by atoms with Crippen LogP contribution in [0.25, 0.3) is 5.69 Å². The molecular formula is C15H17NO2. The predicted molar refractivity (Wildman–Crippen MR) is 71.6 cm³/mol. The molecule has 0 saturated carbocycles. The molecule has 94 valence electrons. The summed E-state index contributed by atoms with van der Waals surface area (Å²) in [5, 5.41) is 8.89. The van der Waals surface area contributed by atoms with E-state index in [-0.39, 0.29) is 0 Å². The predicted octanol–water partition coefficient (Wildman–Crippen LogP) is 3.35. The highest BCUT2D eigenvalue weighted by atomic mass is 16.4. The third-order valence-electron chi connectivity index (χ3n) is 3.29. The van der Waals surface area contributed by atoms with Gasteiger partial charge in [0.1, 0.15) is 0 Å². The average molecular weight is 243 g/mol. The molecule has 0 spiro atoms. The second-order valence-electron chi connectivity index (χ2n) is 4.44. The van der Waals surface area contributed by atoms with Crippen LogP contribution in [-0.4, -0.2) is 15.6 Å². The van der Waals surface area contributed by atoms with Crippen molar-refractivity contribution in [2.24, 2.45) is 0 Å². The lowest BCUT2D eigenvalue weighted by Crippen LogP contribution is -2.01. The summed E-state index contributed by atoms with van der Waals surface area (Å²) in [7, 11) is 0. The molecule has 18 heavy (non-hydrogen) atoms. The molecule has 3 nitrogen and oxygen atoms in total. The fourth-order valence-electron chi connectivity index (χ4n) is 2.34. The monoisotopic (exact) mass is 243 g/mol. The van der Waals surface area contributed by atoms with Crippen LogP contribution < -0.4 is 0 Å². The Morgan fingerprint density at radius 3 is 2.28 bits per heavy atom. The molecule has 2 rings (SSSR count). The number of aryl methyl sites for hydroxylation is 2. The third kappa shape index (κ3) is 2.04. The Balaban J connectivity index is 2.49. The van der Waals surface area contributed by atoms with Crippen LogP contribution >= 0.6 is 0 Å². The van der Waals surface area contributed by atoms with Gasteiger partial charge in [-0.05, 0) is 56.2 Å². The summed E-state index contributed by atoms with van der Waals surface area (Å²) < 4.78 is 2.16. The van der Waals surface area contributed by atoms with Crippen molar-refractivity contribution in [2.45, 2.75) is 27.2 Å². The fourth-order valence-corrected chi connectivity index (χ4v) is 2.34. The van der Waals surface area contributed by atoms with E-state index in [9.17, 15) is 4.79 Å². The Morgan fingerprint density at radius 2 is 1.83 bits per heavy atom. The van der Waals surface area contributed by atoms with E-state index in [1.807, 2.05) is 12.1 Å². The number of hydrogen-bond donors (Lipinski definition) is 1. The minimum atomic E-state index is -0.892. The minimum absolute atomic E-state index is 0.317. The first-order valence-electron chi connectivity index (χ1n) is 6.06. The van der Waals surface area contributed by atoms with Gasteiger partial charge in [0.2, 0.25) is 0 Å². The van der Waals surface area contributed by atoms with Gasteiger partial charge in [-0.25, -0.2) is 4.79 Å². The van der Waals surface area contributed by atoms with E-state index in [2.05, 4.69) is 31.4 Å². The van der Waals surface area contributed by atoms with E-state index in [0.29, 0.717) is 5.56 Å². The summed E-state index contributed by atoms with van der Waals surface area (Å²) in [6, 6.07) is 9.16. The third-order valence-corrected chi connectivity index (χ3v) is 3.29. The lowest BCUT2D eigenvalue weighted by atomic mass is 10.2. The first-order chi connectivity index (χ1) is 8.54. The molecule has 0 bridgehead atoms. The molecule has 1 N–H and O–H groups in total. The SMILES string of the molecule is CCc1cc(C)n(-c2ccc(C(=O)O)cc2)c1C. The van der Waals surface area contributed by atoms with Gasteiger partial charge in [0.25, 0.3) is 0 Å². The van der Waals surface area contributed by atoms with Gasteiger partial charge in [0.05, 0.1) is 5.56 Å². The Bertz CT molecular complexity index is 579. The van der Waals surface area contributed by atoms with Gasteiger partial charge in [-0.3, -0.25) is 0 Å². The molecule has 0 radical (unpaired) electrons. The van der Waals surface area contributed by atoms with E-state index >= 15 is 0 Å². The molecular weight excluding hydrogens is 226 g/mol. The summed E-state index contributed by atoms with van der Waals surface area (Å²) >= 11 is 0. The van der Waals surface area contributed by atoms with Crippen LogP contribution in [0.3, 0.4) is 0 Å². The van der Waals surface area contributed by atoms with Crippen LogP contribution in [0.2, 0.25) is 0 Å². The van der Waals surface area contributed by atoms with Crippen molar-refractivity contribution in [2.75, 3.05) is 0 Å². The number of benzene rings is 1. The van der Waals surface area contributed by atoms with Crippen molar-refractivity contribution in [1.29, 1.82) is 0 Å². The number of aromatic carboxylic acids is 1. The number of carbonyl (C=O) groups is 1. The van der Waals surface area contributed by atoms with Crippen molar-refractivity contribution < 1.29 is 9.90 Å². The lowest BCUT2D eigenvalue weighted by molar-refractivity contribution is 0.0697. The Kier molecular flexibility index (Phi) is 3.24. The van der Waals surface area contributed by atoms with Crippen LogP contribution in [-0.2, 0) is 6.42 Å². The van der Waals surface area contributed by atoms with Crippen LogP contribution in [0.15, 0.2) is 30.3 Å². The molecule has 0 fully saturated rings. The van der Waals surface area contributed by atoms with Crippen LogP contribution in [0.1, 0.15) is 34.2 Å². The van der Waals surface area contributed by atoms with Crippen molar-refractivity contribution in [3.8, 4) is 5.69 Å². The molecule has 0 amide bonds. The van der Waals surface area contributed by atoms with Crippen molar-refractivity contribution in [1.82, 2.24) is 4.57 Å². The van der Waals surface area contributed by atoms with Gasteiger partial charge in [0, 0.05) is 17.1 Å². The highest BCUT2D eigenvalue weighted by molar-refractivity contribution is 5.87. The number of rotatable bonds is 3. The van der Waals surface area contributed by atoms with E-state index in [4.69, 9.17) is 5.11 Å². The highest BCUT2D eigenvalue weighted by Crippen LogP contribution is 2.21. The molecule has 0 saturated heterocycles. The molecule has 0 aliphatic rings. The summed E-state index contributed by atoms with van der Waals surface area (Å²) in [5.74, 6) is -0.892. The minimum Gasteiger partial charge on any atom is -0.478 e. The molecule has 0 atom stereocenters. The van der Waals surface area contributed by atoms with Crippen molar-refractivity contribution >= 4 is 5.97 Å². The van der Waals surface area contributed by atoms with Gasteiger partial charge in [-0.15, -0.1) is 0 Å². The maximum atomic E-state index is 10.8. The number of carboxylic acid groups (broad SMARTS) is 1. The molecule has 0 aliphatic heterocycles. The molecule has 1 heterocycles. The number of carboxylic acids is 1. The molecule has 1 aromatic heterocycles. The quantitative estimate of drug-likeness (QED) is 0.898. The number of aromatic nitrogens is 1. The van der Waals surface area contributed by atoms with Crippen molar-refractivity contribution in [3.05, 3.63) is 52.8 Å².